The lowest BCUT2D eigenvalue weighted by atomic mass is 9.73. The van der Waals surface area contributed by atoms with Crippen molar-refractivity contribution in [3.63, 3.8) is 0 Å². The summed E-state index contributed by atoms with van der Waals surface area (Å²) in [5.74, 6) is 1.65. The number of aliphatic imine (C=N–C) groups is 1. The van der Waals surface area contributed by atoms with Crippen LogP contribution in [0.15, 0.2) is 16.4 Å². The zero-order valence-corrected chi connectivity index (χ0v) is 15.4. The van der Waals surface area contributed by atoms with E-state index >= 15 is 0 Å². The third-order valence-corrected chi connectivity index (χ3v) is 7.19. The van der Waals surface area contributed by atoms with Gasteiger partial charge in [-0.25, -0.2) is 0 Å². The van der Waals surface area contributed by atoms with Crippen molar-refractivity contribution in [2.45, 2.75) is 24.8 Å². The van der Waals surface area contributed by atoms with Crippen LogP contribution >= 0.6 is 23.1 Å². The van der Waals surface area contributed by atoms with Crippen LogP contribution in [-0.2, 0) is 26.0 Å². The van der Waals surface area contributed by atoms with E-state index < -0.39 is 0 Å². The molecule has 1 spiro atoms. The minimum atomic E-state index is -0.0839. The Morgan fingerprint density at radius 3 is 2.92 bits per heavy atom. The molecule has 2 fully saturated rings. The number of hydrogen-bond donors (Lipinski definition) is 0. The Labute approximate surface area is 151 Å². The topological polar surface area (TPSA) is 49.9 Å². The van der Waals surface area contributed by atoms with Crippen LogP contribution in [-0.4, -0.2) is 56.5 Å². The summed E-state index contributed by atoms with van der Waals surface area (Å²) < 4.78 is 18.8. The second kappa shape index (κ2) is 6.06. The van der Waals surface area contributed by atoms with E-state index in [1.807, 2.05) is 23.1 Å². The molecule has 0 amide bonds. The maximum absolute atomic E-state index is 5.55. The second-order valence-corrected chi connectivity index (χ2v) is 9.06. The summed E-state index contributed by atoms with van der Waals surface area (Å²) in [6, 6.07) is 2.30. The van der Waals surface area contributed by atoms with E-state index in [0.29, 0.717) is 5.92 Å². The molecule has 126 valence electrons. The number of hydrogen-bond acceptors (Lipinski definition) is 7. The summed E-state index contributed by atoms with van der Waals surface area (Å²) in [7, 11) is 2.14. The predicted molar refractivity (Wildman–Crippen MR) is 99.4 cm³/mol. The number of nitrogens with zero attached hydrogens (tertiary/aromatic N) is 2. The molecule has 1 aliphatic carbocycles. The molecule has 2 atom stereocenters. The Kier molecular flexibility index (Phi) is 3.98. The van der Waals surface area contributed by atoms with Crippen LogP contribution in [0.4, 0.5) is 0 Å². The molecular formula is C15H20B2N2O3S2. The number of ether oxygens (including phenoxy) is 1. The lowest BCUT2D eigenvalue weighted by Gasteiger charge is -2.42. The Hall–Kier alpha value is -0.470. The third-order valence-electron chi connectivity index (χ3n) is 5.28. The highest BCUT2D eigenvalue weighted by Gasteiger charge is 2.53. The van der Waals surface area contributed by atoms with Crippen molar-refractivity contribution in [2.75, 3.05) is 32.5 Å². The van der Waals surface area contributed by atoms with Gasteiger partial charge in [-0.15, -0.1) is 11.3 Å². The van der Waals surface area contributed by atoms with Crippen LogP contribution in [0.5, 0.6) is 0 Å². The van der Waals surface area contributed by atoms with Gasteiger partial charge >= 0.3 is 14.1 Å². The molecule has 2 unspecified atom stereocenters. The van der Waals surface area contributed by atoms with Gasteiger partial charge in [0.1, 0.15) is 5.17 Å². The molecule has 0 radical (unpaired) electrons. The molecule has 0 saturated carbocycles. The quantitative estimate of drug-likeness (QED) is 0.606. The van der Waals surface area contributed by atoms with Gasteiger partial charge in [0.15, 0.2) is 0 Å². The Balaban J connectivity index is 1.52. The van der Waals surface area contributed by atoms with Crippen LogP contribution in [0.3, 0.4) is 0 Å². The standard InChI is InChI=1S/C15H20B2N2O3S2/c1-20-8-11-6-13-12(2-4-23-13)15(7-11)3-5-24-14(18-15)19(16-9-21-16)17-10-22-17/h2,4,11H,3,5-10H2,1H3. The molecule has 4 aliphatic rings. The maximum Gasteiger partial charge on any atom is 0.431 e. The first kappa shape index (κ1) is 15.8. The average molecular weight is 362 g/mol. The number of thioether (sulfide) groups is 1. The molecule has 0 bridgehead atoms. The molecule has 1 aromatic heterocycles. The summed E-state index contributed by atoms with van der Waals surface area (Å²) in [4.78, 5) is 6.83. The van der Waals surface area contributed by atoms with Crippen LogP contribution in [0.25, 0.3) is 0 Å². The molecule has 9 heteroatoms. The minimum Gasteiger partial charge on any atom is -0.418 e. The van der Waals surface area contributed by atoms with Gasteiger partial charge in [-0.05, 0) is 42.2 Å². The summed E-state index contributed by atoms with van der Waals surface area (Å²) in [6.45, 7) is 2.41. The molecule has 5 nitrogen and oxygen atoms in total. The van der Waals surface area contributed by atoms with Gasteiger partial charge in [0, 0.05) is 24.3 Å². The summed E-state index contributed by atoms with van der Waals surface area (Å²) in [6.07, 6.45) is 3.32. The van der Waals surface area contributed by atoms with Crippen molar-refractivity contribution in [3.8, 4) is 0 Å². The first-order valence-corrected chi connectivity index (χ1v) is 10.5. The fourth-order valence-corrected chi connectivity index (χ4v) is 6.42. The largest absolute Gasteiger partial charge is 0.431 e. The van der Waals surface area contributed by atoms with Crippen LogP contribution in [0, 0.1) is 5.92 Å². The van der Waals surface area contributed by atoms with Gasteiger partial charge in [-0.3, -0.25) is 4.99 Å². The summed E-state index contributed by atoms with van der Waals surface area (Å²) in [5, 5.41) is 3.34. The van der Waals surface area contributed by atoms with Gasteiger partial charge in [0.05, 0.1) is 18.6 Å². The highest BCUT2D eigenvalue weighted by molar-refractivity contribution is 8.14. The fraction of sp³-hybridized carbons (Fsp3) is 0.667. The molecule has 24 heavy (non-hydrogen) atoms. The molecule has 0 N–H and O–H groups in total. The van der Waals surface area contributed by atoms with Crippen molar-refractivity contribution in [3.05, 3.63) is 21.9 Å². The van der Waals surface area contributed by atoms with Crippen molar-refractivity contribution < 1.29 is 14.0 Å². The number of amidine groups is 1. The van der Waals surface area contributed by atoms with Gasteiger partial charge < -0.3 is 18.8 Å². The average Bonchev–Trinajstić information content (AvgIpc) is 3.50. The first-order chi connectivity index (χ1) is 11.8. The van der Waals surface area contributed by atoms with Crippen molar-refractivity contribution >= 4 is 42.4 Å². The van der Waals surface area contributed by atoms with E-state index in [0.717, 1.165) is 49.8 Å². The molecule has 4 heterocycles. The van der Waals surface area contributed by atoms with E-state index in [4.69, 9.17) is 19.0 Å². The van der Waals surface area contributed by atoms with E-state index in [2.05, 4.69) is 16.2 Å². The van der Waals surface area contributed by atoms with Crippen LogP contribution < -0.4 is 0 Å². The normalized spacial score (nSPS) is 31.0. The van der Waals surface area contributed by atoms with E-state index in [1.165, 1.54) is 10.4 Å². The molecular weight excluding hydrogens is 342 g/mol. The molecule has 3 aliphatic heterocycles. The van der Waals surface area contributed by atoms with Crippen LogP contribution in [0.1, 0.15) is 23.3 Å². The summed E-state index contributed by atoms with van der Waals surface area (Å²) >= 11 is 3.73. The lowest BCUT2D eigenvalue weighted by molar-refractivity contribution is 0.125. The first-order valence-electron chi connectivity index (χ1n) is 8.59. The molecule has 1 aromatic rings. The smallest absolute Gasteiger partial charge is 0.418 e. The lowest BCUT2D eigenvalue weighted by Crippen LogP contribution is -2.45. The molecule has 5 rings (SSSR count). The van der Waals surface area contributed by atoms with Crippen molar-refractivity contribution in [1.82, 2.24) is 4.72 Å². The Morgan fingerprint density at radius 2 is 2.21 bits per heavy atom. The monoisotopic (exact) mass is 362 g/mol. The van der Waals surface area contributed by atoms with E-state index in [9.17, 15) is 0 Å². The zero-order valence-electron chi connectivity index (χ0n) is 13.8. The molecule has 2 saturated heterocycles. The number of fused-ring (bicyclic) bond motifs is 2. The predicted octanol–water partition coefficient (Wildman–Crippen LogP) is 2.06. The highest BCUT2D eigenvalue weighted by atomic mass is 32.2. The highest BCUT2D eigenvalue weighted by Crippen LogP contribution is 2.49. The van der Waals surface area contributed by atoms with E-state index in [-0.39, 0.29) is 19.6 Å². The fourth-order valence-electron chi connectivity index (χ4n) is 4.09. The van der Waals surface area contributed by atoms with Gasteiger partial charge in [0.25, 0.3) is 0 Å². The molecule has 0 aromatic carbocycles. The van der Waals surface area contributed by atoms with Gasteiger partial charge in [-0.2, -0.15) is 0 Å². The maximum atomic E-state index is 5.55. The third kappa shape index (κ3) is 2.74. The Bertz CT molecular complexity index is 653. The number of thiophene rings is 1. The van der Waals surface area contributed by atoms with Crippen molar-refractivity contribution in [2.24, 2.45) is 10.9 Å². The zero-order chi connectivity index (χ0) is 16.1. The number of rotatable bonds is 4. The summed E-state index contributed by atoms with van der Waals surface area (Å²) in [5.41, 5.74) is 1.37. The van der Waals surface area contributed by atoms with Crippen molar-refractivity contribution in [1.29, 1.82) is 0 Å². The van der Waals surface area contributed by atoms with E-state index in [1.54, 1.807) is 7.11 Å². The SMILES string of the molecule is COCC1Cc2sccc2C2(CCSC(N(B3CO3)B3CO3)=N2)C1. The Morgan fingerprint density at radius 1 is 1.42 bits per heavy atom. The van der Waals surface area contributed by atoms with Gasteiger partial charge in [0.2, 0.25) is 0 Å². The number of methoxy groups -OCH3 is 1. The van der Waals surface area contributed by atoms with Gasteiger partial charge in [-0.1, -0.05) is 11.8 Å². The second-order valence-electron chi connectivity index (χ2n) is 6.99. The van der Waals surface area contributed by atoms with Crippen LogP contribution in [0.2, 0.25) is 0 Å². The minimum absolute atomic E-state index is 0.0839.